The van der Waals surface area contributed by atoms with Gasteiger partial charge in [0, 0.05) is 24.4 Å². The summed E-state index contributed by atoms with van der Waals surface area (Å²) >= 11 is 1.03. The third-order valence-electron chi connectivity index (χ3n) is 4.68. The van der Waals surface area contributed by atoms with E-state index in [0.29, 0.717) is 36.2 Å². The Hall–Kier alpha value is -1.31. The van der Waals surface area contributed by atoms with Crippen molar-refractivity contribution >= 4 is 17.4 Å². The Morgan fingerprint density at radius 2 is 2.04 bits per heavy atom. The SMILES string of the molecule is CC(C)(C)OC(=O)N1C[C@@H]2C[C@@H]2C[C@H]1CCc1nc(C(F)(F)F)cs1. The van der Waals surface area contributed by atoms with Gasteiger partial charge < -0.3 is 9.64 Å². The largest absolute Gasteiger partial charge is 0.444 e. The van der Waals surface area contributed by atoms with Gasteiger partial charge in [-0.2, -0.15) is 13.2 Å². The van der Waals surface area contributed by atoms with E-state index in [0.717, 1.165) is 29.6 Å². The maximum Gasteiger partial charge on any atom is 0.434 e. The van der Waals surface area contributed by atoms with Crippen LogP contribution in [0.5, 0.6) is 0 Å². The molecule has 1 aromatic heterocycles. The van der Waals surface area contributed by atoms with Crippen molar-refractivity contribution in [3.8, 4) is 0 Å². The van der Waals surface area contributed by atoms with Crippen LogP contribution >= 0.6 is 11.3 Å². The molecule has 1 aromatic rings. The topological polar surface area (TPSA) is 42.4 Å². The van der Waals surface area contributed by atoms with Crippen LogP contribution in [0.2, 0.25) is 0 Å². The number of fused-ring (bicyclic) bond motifs is 1. The number of aryl methyl sites for hydroxylation is 1. The van der Waals surface area contributed by atoms with Crippen LogP contribution in [-0.2, 0) is 17.3 Å². The first kappa shape index (κ1) is 18.5. The second-order valence-electron chi connectivity index (χ2n) is 7.94. The van der Waals surface area contributed by atoms with Gasteiger partial charge in [-0.1, -0.05) is 0 Å². The molecular formula is C17H23F3N2O2S. The van der Waals surface area contributed by atoms with Gasteiger partial charge in [-0.25, -0.2) is 9.78 Å². The fraction of sp³-hybridized carbons (Fsp3) is 0.765. The third-order valence-corrected chi connectivity index (χ3v) is 5.59. The van der Waals surface area contributed by atoms with Gasteiger partial charge in [0.2, 0.25) is 0 Å². The van der Waals surface area contributed by atoms with Gasteiger partial charge >= 0.3 is 12.3 Å². The molecule has 25 heavy (non-hydrogen) atoms. The molecule has 0 aromatic carbocycles. The number of likely N-dealkylation sites (tertiary alicyclic amines) is 1. The Labute approximate surface area is 149 Å². The molecule has 4 nitrogen and oxygen atoms in total. The van der Waals surface area contributed by atoms with Gasteiger partial charge in [0.25, 0.3) is 0 Å². The fourth-order valence-corrected chi connectivity index (χ4v) is 4.19. The number of ether oxygens (including phenoxy) is 1. The van der Waals surface area contributed by atoms with Crippen LogP contribution < -0.4 is 0 Å². The Balaban J connectivity index is 1.62. The summed E-state index contributed by atoms with van der Waals surface area (Å²) in [5, 5.41) is 1.52. The second kappa shape index (κ2) is 6.45. The number of halogens is 3. The number of nitrogens with zero attached hydrogens (tertiary/aromatic N) is 2. The summed E-state index contributed by atoms with van der Waals surface area (Å²) < 4.78 is 43.5. The molecular weight excluding hydrogens is 353 g/mol. The Kier molecular flexibility index (Phi) is 4.77. The molecule has 0 bridgehead atoms. The monoisotopic (exact) mass is 376 g/mol. The standard InChI is InChI=1S/C17H23F3N2O2S/c1-16(2,3)24-15(23)22-8-11-6-10(11)7-12(22)4-5-14-21-13(9-25-14)17(18,19)20/h9-12H,4-8H2,1-3H3/t10-,11+,12-/m1/s1. The van der Waals surface area contributed by atoms with E-state index < -0.39 is 17.5 Å². The zero-order chi connectivity index (χ0) is 18.4. The van der Waals surface area contributed by atoms with Crippen LogP contribution in [-0.4, -0.2) is 34.2 Å². The van der Waals surface area contributed by atoms with E-state index in [1.54, 1.807) is 4.90 Å². The zero-order valence-electron chi connectivity index (χ0n) is 14.6. The van der Waals surface area contributed by atoms with Gasteiger partial charge in [-0.3, -0.25) is 0 Å². The number of amides is 1. The smallest absolute Gasteiger partial charge is 0.434 e. The molecule has 0 unspecified atom stereocenters. The van der Waals surface area contributed by atoms with Crippen molar-refractivity contribution in [2.45, 2.75) is 64.3 Å². The van der Waals surface area contributed by atoms with E-state index in [9.17, 15) is 18.0 Å². The molecule has 1 saturated carbocycles. The van der Waals surface area contributed by atoms with Gasteiger partial charge in [-0.05, 0) is 51.9 Å². The highest BCUT2D eigenvalue weighted by atomic mass is 32.1. The summed E-state index contributed by atoms with van der Waals surface area (Å²) in [4.78, 5) is 17.9. The second-order valence-corrected chi connectivity index (χ2v) is 8.88. The van der Waals surface area contributed by atoms with E-state index >= 15 is 0 Å². The predicted octanol–water partition coefficient (Wildman–Crippen LogP) is 4.74. The van der Waals surface area contributed by atoms with E-state index in [1.807, 2.05) is 20.8 Å². The molecule has 1 amide bonds. The molecule has 2 aliphatic rings. The molecule has 3 rings (SSSR count). The summed E-state index contributed by atoms with van der Waals surface area (Å²) in [7, 11) is 0. The lowest BCUT2D eigenvalue weighted by molar-refractivity contribution is -0.140. The van der Waals surface area contributed by atoms with Gasteiger partial charge in [0.15, 0.2) is 5.69 Å². The lowest BCUT2D eigenvalue weighted by Gasteiger charge is -2.36. The molecule has 0 radical (unpaired) electrons. The van der Waals surface area contributed by atoms with E-state index in [4.69, 9.17) is 4.74 Å². The normalized spacial score (nSPS) is 26.3. The number of hydrogen-bond donors (Lipinski definition) is 0. The summed E-state index contributed by atoms with van der Waals surface area (Å²) in [5.41, 5.74) is -1.39. The summed E-state index contributed by atoms with van der Waals surface area (Å²) in [6, 6.07) is 0.0110. The van der Waals surface area contributed by atoms with Crippen LogP contribution in [0.1, 0.15) is 50.7 Å². The maximum atomic E-state index is 12.7. The molecule has 140 valence electrons. The summed E-state index contributed by atoms with van der Waals surface area (Å²) in [5.74, 6) is 1.20. The fourth-order valence-electron chi connectivity index (χ4n) is 3.36. The Morgan fingerprint density at radius 1 is 1.32 bits per heavy atom. The molecule has 3 atom stereocenters. The van der Waals surface area contributed by atoms with Gasteiger partial charge in [0.05, 0.1) is 5.01 Å². The number of carbonyl (C=O) groups excluding carboxylic acids is 1. The first-order valence-corrected chi connectivity index (χ1v) is 9.42. The van der Waals surface area contributed by atoms with Crippen molar-refractivity contribution in [3.63, 3.8) is 0 Å². The van der Waals surface area contributed by atoms with Gasteiger partial charge in [-0.15, -0.1) is 11.3 Å². The number of aromatic nitrogens is 1. The highest BCUT2D eigenvalue weighted by Crippen LogP contribution is 2.48. The molecule has 8 heteroatoms. The molecule has 2 fully saturated rings. The van der Waals surface area contributed by atoms with Crippen molar-refractivity contribution in [2.75, 3.05) is 6.54 Å². The van der Waals surface area contributed by atoms with Crippen LogP contribution in [0.3, 0.4) is 0 Å². The van der Waals surface area contributed by atoms with Crippen molar-refractivity contribution < 1.29 is 22.7 Å². The number of alkyl halides is 3. The van der Waals surface area contributed by atoms with Crippen LogP contribution in [0.4, 0.5) is 18.0 Å². The quantitative estimate of drug-likeness (QED) is 0.765. The molecule has 0 spiro atoms. The highest BCUT2D eigenvalue weighted by Gasteiger charge is 2.47. The summed E-state index contributed by atoms with van der Waals surface area (Å²) in [6.45, 7) is 6.18. The van der Waals surface area contributed by atoms with Gasteiger partial charge in [0.1, 0.15) is 5.60 Å². The minimum absolute atomic E-state index is 0.0110. The lowest BCUT2D eigenvalue weighted by Crippen LogP contribution is -2.47. The molecule has 1 aliphatic carbocycles. The molecule has 1 saturated heterocycles. The number of carbonyl (C=O) groups is 1. The number of thiazole rings is 1. The van der Waals surface area contributed by atoms with Crippen LogP contribution in [0.15, 0.2) is 5.38 Å². The van der Waals surface area contributed by atoms with Crippen molar-refractivity contribution in [1.29, 1.82) is 0 Å². The number of piperidine rings is 1. The minimum atomic E-state index is -4.40. The molecule has 1 aliphatic heterocycles. The average Bonchev–Trinajstić information content (AvgIpc) is 3.04. The first-order valence-electron chi connectivity index (χ1n) is 8.54. The minimum Gasteiger partial charge on any atom is -0.444 e. The van der Waals surface area contributed by atoms with Crippen molar-refractivity contribution in [1.82, 2.24) is 9.88 Å². The first-order chi connectivity index (χ1) is 11.5. The maximum absolute atomic E-state index is 12.7. The number of rotatable bonds is 3. The lowest BCUT2D eigenvalue weighted by atomic mass is 9.98. The van der Waals surface area contributed by atoms with E-state index in [2.05, 4.69) is 4.98 Å². The Morgan fingerprint density at radius 3 is 2.64 bits per heavy atom. The van der Waals surface area contributed by atoms with Crippen molar-refractivity contribution in [3.05, 3.63) is 16.1 Å². The van der Waals surface area contributed by atoms with Crippen LogP contribution in [0, 0.1) is 11.8 Å². The van der Waals surface area contributed by atoms with E-state index in [1.165, 1.54) is 0 Å². The van der Waals surface area contributed by atoms with Crippen LogP contribution in [0.25, 0.3) is 0 Å². The Bertz CT molecular complexity index is 639. The van der Waals surface area contributed by atoms with Crippen molar-refractivity contribution in [2.24, 2.45) is 11.8 Å². The van der Waals surface area contributed by atoms with E-state index in [-0.39, 0.29) is 12.1 Å². The molecule has 2 heterocycles. The third kappa shape index (κ3) is 4.65. The predicted molar refractivity (Wildman–Crippen MR) is 88.4 cm³/mol. The average molecular weight is 376 g/mol. The number of hydrogen-bond acceptors (Lipinski definition) is 4. The summed E-state index contributed by atoms with van der Waals surface area (Å²) in [6.07, 6.45) is -1.62. The highest BCUT2D eigenvalue weighted by molar-refractivity contribution is 7.09. The molecule has 0 N–H and O–H groups in total. The zero-order valence-corrected chi connectivity index (χ0v) is 15.4.